The van der Waals surface area contributed by atoms with Crippen LogP contribution in [-0.4, -0.2) is 13.1 Å². The van der Waals surface area contributed by atoms with Gasteiger partial charge in [0.15, 0.2) is 0 Å². The summed E-state index contributed by atoms with van der Waals surface area (Å²) in [7, 11) is 1.41. The van der Waals surface area contributed by atoms with E-state index in [1.54, 1.807) is 0 Å². The number of benzene rings is 6. The maximum atomic E-state index is 12.5. The summed E-state index contributed by atoms with van der Waals surface area (Å²) in [5, 5.41) is 11.1. The number of carbonyl (C=O) groups is 1. The van der Waals surface area contributed by atoms with Crippen LogP contribution in [0.3, 0.4) is 0 Å². The zero-order valence-electron chi connectivity index (χ0n) is 18.4. The van der Waals surface area contributed by atoms with Crippen LogP contribution in [0.25, 0.3) is 43.4 Å². The fourth-order valence-electron chi connectivity index (χ4n) is 4.86. The van der Waals surface area contributed by atoms with E-state index in [-0.39, 0.29) is 5.97 Å². The third-order valence-electron chi connectivity index (χ3n) is 6.43. The molecule has 0 radical (unpaired) electrons. The Morgan fingerprint density at radius 2 is 1.32 bits per heavy atom. The van der Waals surface area contributed by atoms with E-state index in [2.05, 4.69) is 53.8 Å². The van der Waals surface area contributed by atoms with Crippen LogP contribution >= 0.6 is 11.6 Å². The molecule has 0 heterocycles. The molecule has 0 fully saturated rings. The number of ether oxygens (including phenoxy) is 1. The van der Waals surface area contributed by atoms with Gasteiger partial charge in [-0.05, 0) is 62.3 Å². The Balaban J connectivity index is 1.63. The second-order valence-corrected chi connectivity index (χ2v) is 8.70. The molecule has 0 bridgehead atoms. The highest BCUT2D eigenvalue weighted by Gasteiger charge is 2.18. The zero-order valence-corrected chi connectivity index (χ0v) is 19.2. The molecule has 0 aliphatic heterocycles. The molecular weight excluding hydrogens is 442 g/mol. The third kappa shape index (κ3) is 3.17. The molecule has 164 valence electrons. The lowest BCUT2D eigenvalue weighted by Crippen LogP contribution is -2.03. The molecule has 0 spiro atoms. The fourth-order valence-corrected chi connectivity index (χ4v) is 5.04. The minimum absolute atomic E-state index is 0.340. The molecular formula is C30H20ClNO2. The summed E-state index contributed by atoms with van der Waals surface area (Å²) in [6, 6.07) is 32.4. The van der Waals surface area contributed by atoms with Crippen molar-refractivity contribution in [3.8, 4) is 11.1 Å². The first-order valence-electron chi connectivity index (χ1n) is 11.1. The Bertz CT molecular complexity index is 1710. The highest BCUT2D eigenvalue weighted by molar-refractivity contribution is 6.33. The average Bonchev–Trinajstić information content (AvgIpc) is 2.88. The molecule has 0 amide bonds. The number of esters is 1. The van der Waals surface area contributed by atoms with Crippen LogP contribution in [0.15, 0.2) is 97.1 Å². The largest absolute Gasteiger partial charge is 0.465 e. The monoisotopic (exact) mass is 461 g/mol. The van der Waals surface area contributed by atoms with Gasteiger partial charge in [-0.1, -0.05) is 84.4 Å². The summed E-state index contributed by atoms with van der Waals surface area (Å²) in [5.41, 5.74) is 4.29. The van der Waals surface area contributed by atoms with Gasteiger partial charge in [0.1, 0.15) is 0 Å². The van der Waals surface area contributed by atoms with E-state index in [1.165, 1.54) is 17.9 Å². The fraction of sp³-hybridized carbons (Fsp3) is 0.0333. The van der Waals surface area contributed by atoms with Gasteiger partial charge in [-0.2, -0.15) is 0 Å². The van der Waals surface area contributed by atoms with Gasteiger partial charge in [-0.15, -0.1) is 0 Å². The summed E-state index contributed by atoms with van der Waals surface area (Å²) >= 11 is 6.42. The van der Waals surface area contributed by atoms with Crippen LogP contribution in [0, 0.1) is 0 Å². The normalized spacial score (nSPS) is 11.4. The van der Waals surface area contributed by atoms with Crippen molar-refractivity contribution in [2.24, 2.45) is 0 Å². The van der Waals surface area contributed by atoms with Crippen LogP contribution in [0.1, 0.15) is 10.4 Å². The number of hydrogen-bond acceptors (Lipinski definition) is 3. The molecule has 1 N–H and O–H groups in total. The molecule has 0 atom stereocenters. The molecule has 0 aliphatic carbocycles. The van der Waals surface area contributed by atoms with Gasteiger partial charge in [0.05, 0.1) is 23.4 Å². The third-order valence-corrected chi connectivity index (χ3v) is 6.76. The van der Waals surface area contributed by atoms with Crippen molar-refractivity contribution in [1.82, 2.24) is 0 Å². The number of rotatable bonds is 4. The van der Waals surface area contributed by atoms with E-state index in [0.717, 1.165) is 44.0 Å². The molecule has 0 unspecified atom stereocenters. The molecule has 0 saturated heterocycles. The number of halogens is 1. The Morgan fingerprint density at radius 3 is 2.12 bits per heavy atom. The molecule has 0 aromatic heterocycles. The van der Waals surface area contributed by atoms with Gasteiger partial charge in [0, 0.05) is 11.1 Å². The van der Waals surface area contributed by atoms with Crippen molar-refractivity contribution in [3.05, 3.63) is 108 Å². The Morgan fingerprint density at radius 1 is 0.676 bits per heavy atom. The van der Waals surface area contributed by atoms with Gasteiger partial charge >= 0.3 is 5.97 Å². The van der Waals surface area contributed by atoms with Crippen LogP contribution in [-0.2, 0) is 4.74 Å². The van der Waals surface area contributed by atoms with E-state index in [4.69, 9.17) is 16.3 Å². The Labute approximate surface area is 201 Å². The van der Waals surface area contributed by atoms with Crippen molar-refractivity contribution < 1.29 is 9.53 Å². The summed E-state index contributed by atoms with van der Waals surface area (Å²) in [6.07, 6.45) is 0. The number of methoxy groups -OCH3 is 1. The molecule has 0 aliphatic rings. The Hall–Kier alpha value is -4.08. The van der Waals surface area contributed by atoms with Crippen LogP contribution in [0.2, 0.25) is 5.02 Å². The van der Waals surface area contributed by atoms with Gasteiger partial charge in [0.25, 0.3) is 0 Å². The number of hydrogen-bond donors (Lipinski definition) is 1. The second kappa shape index (κ2) is 8.05. The molecule has 6 aromatic carbocycles. The summed E-state index contributed by atoms with van der Waals surface area (Å²) < 4.78 is 5.05. The topological polar surface area (TPSA) is 38.3 Å². The average molecular weight is 462 g/mol. The van der Waals surface area contributed by atoms with Crippen molar-refractivity contribution in [2.75, 3.05) is 12.4 Å². The van der Waals surface area contributed by atoms with E-state index in [0.29, 0.717) is 10.6 Å². The molecule has 0 saturated carbocycles. The minimum atomic E-state index is -0.340. The summed E-state index contributed by atoms with van der Waals surface area (Å²) in [6.45, 7) is 0. The molecule has 34 heavy (non-hydrogen) atoms. The predicted molar refractivity (Wildman–Crippen MR) is 142 cm³/mol. The number of para-hydroxylation sites is 1. The van der Waals surface area contributed by atoms with Crippen molar-refractivity contribution in [2.45, 2.75) is 0 Å². The number of carbonyl (C=O) groups excluding carboxylic acids is 1. The number of anilines is 2. The molecule has 6 rings (SSSR count). The van der Waals surface area contributed by atoms with Crippen LogP contribution in [0.4, 0.5) is 11.4 Å². The lowest BCUT2D eigenvalue weighted by molar-refractivity contribution is 0.0601. The van der Waals surface area contributed by atoms with Gasteiger partial charge in [-0.25, -0.2) is 4.79 Å². The van der Waals surface area contributed by atoms with Gasteiger partial charge in [0.2, 0.25) is 0 Å². The second-order valence-electron chi connectivity index (χ2n) is 8.29. The summed E-state index contributed by atoms with van der Waals surface area (Å²) in [5.74, 6) is -0.340. The maximum absolute atomic E-state index is 12.5. The predicted octanol–water partition coefficient (Wildman–Crippen LogP) is 8.43. The minimum Gasteiger partial charge on any atom is -0.465 e. The van der Waals surface area contributed by atoms with Crippen LogP contribution in [0.5, 0.6) is 0 Å². The van der Waals surface area contributed by atoms with Crippen molar-refractivity contribution >= 4 is 61.3 Å². The van der Waals surface area contributed by atoms with E-state index in [9.17, 15) is 4.79 Å². The quantitative estimate of drug-likeness (QED) is 0.211. The van der Waals surface area contributed by atoms with Crippen molar-refractivity contribution in [3.63, 3.8) is 0 Å². The summed E-state index contributed by atoms with van der Waals surface area (Å²) in [4.78, 5) is 12.5. The van der Waals surface area contributed by atoms with Crippen molar-refractivity contribution in [1.29, 1.82) is 0 Å². The number of nitrogens with one attached hydrogen (secondary N) is 1. The van der Waals surface area contributed by atoms with Crippen LogP contribution < -0.4 is 5.32 Å². The smallest absolute Gasteiger partial charge is 0.338 e. The lowest BCUT2D eigenvalue weighted by Gasteiger charge is -2.18. The SMILES string of the molecule is COC(=O)c1ccccc1-c1ccc2ccc3c(Nc4ccccc4Cl)ccc4ccc1c2c43. The standard InChI is InChI=1S/C30H20ClNO2/c1-34-30(33)23-7-3-2-6-20(23)21-14-10-18-12-16-24-26(32-27-9-5-4-8-25(27)31)17-13-19-11-15-22(21)28(18)29(19)24/h2-17,32H,1H3. The van der Waals surface area contributed by atoms with E-state index >= 15 is 0 Å². The molecule has 3 nitrogen and oxygen atoms in total. The molecule has 4 heteroatoms. The highest BCUT2D eigenvalue weighted by Crippen LogP contribution is 2.42. The maximum Gasteiger partial charge on any atom is 0.338 e. The van der Waals surface area contributed by atoms with Gasteiger partial charge in [-0.3, -0.25) is 0 Å². The van der Waals surface area contributed by atoms with Gasteiger partial charge < -0.3 is 10.1 Å². The first-order chi connectivity index (χ1) is 16.7. The first-order valence-corrected chi connectivity index (χ1v) is 11.4. The molecule has 6 aromatic rings. The Kier molecular flexibility index (Phi) is 4.86. The first kappa shape index (κ1) is 20.5. The van der Waals surface area contributed by atoms with E-state index < -0.39 is 0 Å². The van der Waals surface area contributed by atoms with E-state index in [1.807, 2.05) is 48.5 Å². The lowest BCUT2D eigenvalue weighted by atomic mass is 9.88. The zero-order chi connectivity index (χ0) is 23.2. The highest BCUT2D eigenvalue weighted by atomic mass is 35.5.